The van der Waals surface area contributed by atoms with Gasteiger partial charge in [0.25, 0.3) is 15.9 Å². The summed E-state index contributed by atoms with van der Waals surface area (Å²) in [7, 11) is -2.26. The van der Waals surface area contributed by atoms with Gasteiger partial charge in [-0.3, -0.25) is 9.48 Å². The van der Waals surface area contributed by atoms with Gasteiger partial charge < -0.3 is 0 Å². The zero-order valence-electron chi connectivity index (χ0n) is 13.6. The summed E-state index contributed by atoms with van der Waals surface area (Å²) >= 11 is 0. The van der Waals surface area contributed by atoms with Crippen molar-refractivity contribution < 1.29 is 13.2 Å². The van der Waals surface area contributed by atoms with Crippen LogP contribution in [0.3, 0.4) is 0 Å². The number of carbonyl (C=O) groups is 1. The van der Waals surface area contributed by atoms with Crippen molar-refractivity contribution in [1.82, 2.24) is 14.5 Å². The molecule has 0 bridgehead atoms. The number of nitrogens with one attached hydrogen (secondary N) is 1. The Morgan fingerprint density at radius 3 is 2.19 bits per heavy atom. The van der Waals surface area contributed by atoms with Crippen molar-refractivity contribution >= 4 is 15.9 Å². The molecule has 6 nitrogen and oxygen atoms in total. The quantitative estimate of drug-likeness (QED) is 0.863. The average molecular weight is 313 g/mol. The third kappa shape index (κ3) is 3.93. The van der Waals surface area contributed by atoms with Gasteiger partial charge in [0.15, 0.2) is 0 Å². The summed E-state index contributed by atoms with van der Waals surface area (Å²) in [4.78, 5) is 12.0. The number of hydrogen-bond donors (Lipinski definition) is 1. The van der Waals surface area contributed by atoms with Crippen molar-refractivity contribution in [2.24, 2.45) is 12.5 Å². The summed E-state index contributed by atoms with van der Waals surface area (Å²) in [5.74, 6) is -0.648. The second-order valence-corrected chi connectivity index (χ2v) is 7.79. The van der Waals surface area contributed by atoms with Crippen LogP contribution in [-0.4, -0.2) is 24.1 Å². The van der Waals surface area contributed by atoms with Crippen LogP contribution in [0.25, 0.3) is 0 Å². The molecule has 1 rings (SSSR count). The third-order valence-corrected chi connectivity index (χ3v) is 5.08. The highest BCUT2D eigenvalue weighted by molar-refractivity contribution is 7.90. The Hall–Kier alpha value is -1.63. The first-order valence-corrected chi connectivity index (χ1v) is 8.10. The van der Waals surface area contributed by atoms with E-state index in [1.807, 2.05) is 20.8 Å². The van der Waals surface area contributed by atoms with E-state index in [9.17, 15) is 13.2 Å². The van der Waals surface area contributed by atoms with E-state index < -0.39 is 15.9 Å². The van der Waals surface area contributed by atoms with E-state index in [-0.39, 0.29) is 10.3 Å². The third-order valence-electron chi connectivity index (χ3n) is 3.48. The molecule has 118 valence electrons. The number of amides is 1. The number of nitrogens with zero attached hydrogens (tertiary/aromatic N) is 2. The first-order chi connectivity index (χ1) is 9.36. The SMILES string of the molecule is CC(=CC(=O)NS(=O)(=O)c1c(C)nn(C)c1C)C(C)(C)C. The van der Waals surface area contributed by atoms with Crippen LogP contribution < -0.4 is 4.72 Å². The fourth-order valence-electron chi connectivity index (χ4n) is 1.77. The lowest BCUT2D eigenvalue weighted by atomic mass is 9.87. The molecule has 1 heterocycles. The molecule has 21 heavy (non-hydrogen) atoms. The van der Waals surface area contributed by atoms with Crippen LogP contribution in [0.1, 0.15) is 39.1 Å². The number of hydrogen-bond acceptors (Lipinski definition) is 4. The average Bonchev–Trinajstić information content (AvgIpc) is 2.50. The van der Waals surface area contributed by atoms with Gasteiger partial charge in [-0.05, 0) is 26.2 Å². The molecule has 0 aromatic carbocycles. The van der Waals surface area contributed by atoms with Gasteiger partial charge in [-0.2, -0.15) is 5.10 Å². The fraction of sp³-hybridized carbons (Fsp3) is 0.571. The van der Waals surface area contributed by atoms with Crippen LogP contribution in [0.4, 0.5) is 0 Å². The summed E-state index contributed by atoms with van der Waals surface area (Å²) in [6, 6.07) is 0. The maximum Gasteiger partial charge on any atom is 0.267 e. The number of sulfonamides is 1. The molecule has 1 N–H and O–H groups in total. The fourth-order valence-corrected chi connectivity index (χ4v) is 3.15. The Morgan fingerprint density at radius 1 is 1.29 bits per heavy atom. The first kappa shape index (κ1) is 17.4. The van der Waals surface area contributed by atoms with Crippen molar-refractivity contribution in [3.63, 3.8) is 0 Å². The Bertz CT molecular complexity index is 692. The Morgan fingerprint density at radius 2 is 1.81 bits per heavy atom. The molecule has 0 saturated carbocycles. The van der Waals surface area contributed by atoms with Gasteiger partial charge in [0.05, 0.1) is 11.4 Å². The van der Waals surface area contributed by atoms with E-state index in [0.29, 0.717) is 11.4 Å². The van der Waals surface area contributed by atoms with Gasteiger partial charge in [-0.1, -0.05) is 26.3 Å². The molecule has 0 atom stereocenters. The minimum absolute atomic E-state index is 0.0557. The summed E-state index contributed by atoms with van der Waals surface area (Å²) in [5.41, 5.74) is 1.47. The molecular weight excluding hydrogens is 290 g/mol. The number of allylic oxidation sites excluding steroid dienone is 1. The summed E-state index contributed by atoms with van der Waals surface area (Å²) in [5, 5.41) is 4.06. The predicted octanol–water partition coefficient (Wildman–Crippen LogP) is 1.83. The summed E-state index contributed by atoms with van der Waals surface area (Å²) in [6.07, 6.45) is 1.32. The van der Waals surface area contributed by atoms with Crippen LogP contribution in [-0.2, 0) is 21.9 Å². The van der Waals surface area contributed by atoms with E-state index in [1.165, 1.54) is 10.8 Å². The number of rotatable bonds is 3. The van der Waals surface area contributed by atoms with Crippen LogP contribution in [0.5, 0.6) is 0 Å². The normalized spacial score (nSPS) is 13.4. The molecule has 1 aromatic rings. The van der Waals surface area contributed by atoms with Gasteiger partial charge >= 0.3 is 0 Å². The molecule has 0 fully saturated rings. The Kier molecular flexibility index (Phi) is 4.67. The van der Waals surface area contributed by atoms with Crippen LogP contribution in [0.2, 0.25) is 0 Å². The molecule has 0 radical (unpaired) electrons. The molecule has 0 aliphatic carbocycles. The maximum absolute atomic E-state index is 12.3. The van der Waals surface area contributed by atoms with Crippen molar-refractivity contribution in [2.75, 3.05) is 0 Å². The smallest absolute Gasteiger partial charge is 0.267 e. The standard InChI is InChI=1S/C14H23N3O3S/c1-9(14(4,5)6)8-12(18)16-21(19,20)13-10(2)15-17(7)11(13)3/h8H,1-7H3,(H,16,18). The van der Waals surface area contributed by atoms with Crippen LogP contribution >= 0.6 is 0 Å². The first-order valence-electron chi connectivity index (χ1n) is 6.62. The predicted molar refractivity (Wildman–Crippen MR) is 81.2 cm³/mol. The van der Waals surface area contributed by atoms with E-state index in [2.05, 4.69) is 9.82 Å². The lowest BCUT2D eigenvalue weighted by Gasteiger charge is -2.19. The van der Waals surface area contributed by atoms with Gasteiger partial charge in [-0.25, -0.2) is 13.1 Å². The Labute approximate surface area is 126 Å². The second-order valence-electron chi connectivity index (χ2n) is 6.17. The second kappa shape index (κ2) is 5.63. The molecule has 7 heteroatoms. The molecule has 0 unspecified atom stereocenters. The summed E-state index contributed by atoms with van der Waals surface area (Å²) < 4.78 is 28.2. The maximum atomic E-state index is 12.3. The van der Waals surface area contributed by atoms with Gasteiger partial charge in [-0.15, -0.1) is 0 Å². The Balaban J connectivity index is 3.10. The molecule has 1 aromatic heterocycles. The van der Waals surface area contributed by atoms with E-state index in [0.717, 1.165) is 5.57 Å². The lowest BCUT2D eigenvalue weighted by Crippen LogP contribution is -2.30. The molecule has 0 saturated heterocycles. The van der Waals surface area contributed by atoms with E-state index in [4.69, 9.17) is 0 Å². The molecule has 0 spiro atoms. The molecule has 0 aliphatic heterocycles. The highest BCUT2D eigenvalue weighted by Gasteiger charge is 2.25. The van der Waals surface area contributed by atoms with Crippen molar-refractivity contribution in [3.8, 4) is 0 Å². The molecule has 1 amide bonds. The minimum Gasteiger partial charge on any atom is -0.271 e. The summed E-state index contributed by atoms with van der Waals surface area (Å²) in [6.45, 7) is 10.9. The van der Waals surface area contributed by atoms with E-state index >= 15 is 0 Å². The van der Waals surface area contributed by atoms with Gasteiger partial charge in [0.2, 0.25) is 0 Å². The van der Waals surface area contributed by atoms with Gasteiger partial charge in [0.1, 0.15) is 4.90 Å². The van der Waals surface area contributed by atoms with Gasteiger partial charge in [0, 0.05) is 13.1 Å². The van der Waals surface area contributed by atoms with Crippen LogP contribution in [0, 0.1) is 19.3 Å². The highest BCUT2D eigenvalue weighted by atomic mass is 32.2. The van der Waals surface area contributed by atoms with Crippen molar-refractivity contribution in [1.29, 1.82) is 0 Å². The number of carbonyl (C=O) groups excluding carboxylic acids is 1. The van der Waals surface area contributed by atoms with E-state index in [1.54, 1.807) is 27.8 Å². The van der Waals surface area contributed by atoms with Crippen molar-refractivity contribution in [2.45, 2.75) is 46.4 Å². The zero-order chi connectivity index (χ0) is 16.6. The topological polar surface area (TPSA) is 81.1 Å². The highest BCUT2D eigenvalue weighted by Crippen LogP contribution is 2.24. The number of aryl methyl sites for hydroxylation is 2. The minimum atomic E-state index is -3.92. The van der Waals surface area contributed by atoms with Crippen LogP contribution in [0.15, 0.2) is 16.5 Å². The molecule has 0 aliphatic rings. The molecular formula is C14H23N3O3S. The zero-order valence-corrected chi connectivity index (χ0v) is 14.4. The monoisotopic (exact) mass is 313 g/mol. The lowest BCUT2D eigenvalue weighted by molar-refractivity contribution is -0.114. The largest absolute Gasteiger partial charge is 0.271 e. The van der Waals surface area contributed by atoms with Crippen molar-refractivity contribution in [3.05, 3.63) is 23.0 Å². The number of aromatic nitrogens is 2.